The predicted octanol–water partition coefficient (Wildman–Crippen LogP) is 3.48. The molecule has 6 heteroatoms. The fraction of sp³-hybridized carbons (Fsp3) is 0. The number of halogens is 1. The number of rotatable bonds is 3. The summed E-state index contributed by atoms with van der Waals surface area (Å²) in [6.07, 6.45) is 0. The number of hydrogen-bond acceptors (Lipinski definition) is 5. The van der Waals surface area contributed by atoms with Crippen LogP contribution in [0.25, 0.3) is 11.3 Å². The second-order valence-electron chi connectivity index (χ2n) is 4.79. The number of nitrogen functional groups attached to an aromatic ring is 1. The van der Waals surface area contributed by atoms with Crippen molar-refractivity contribution in [3.63, 3.8) is 0 Å². The van der Waals surface area contributed by atoms with Crippen molar-refractivity contribution in [1.82, 2.24) is 9.97 Å². The number of para-hydroxylation sites is 1. The first-order chi connectivity index (χ1) is 11.2. The van der Waals surface area contributed by atoms with Gasteiger partial charge in [0.2, 0.25) is 5.95 Å². The second kappa shape index (κ2) is 6.12. The molecule has 0 saturated heterocycles. The van der Waals surface area contributed by atoms with Crippen LogP contribution in [-0.4, -0.2) is 9.97 Å². The highest BCUT2D eigenvalue weighted by Crippen LogP contribution is 2.24. The third kappa shape index (κ3) is 3.24. The SMILES string of the molecule is N#Cc1ccc(-c2cc(Nc3ccccc3)nc(N)n2)cc1F. The summed E-state index contributed by atoms with van der Waals surface area (Å²) in [6.45, 7) is 0. The monoisotopic (exact) mass is 305 g/mol. The predicted molar refractivity (Wildman–Crippen MR) is 86.3 cm³/mol. The number of nitrogens with two attached hydrogens (primary N) is 1. The molecule has 0 saturated carbocycles. The molecule has 23 heavy (non-hydrogen) atoms. The Kier molecular flexibility index (Phi) is 3.85. The molecule has 0 aliphatic rings. The Morgan fingerprint density at radius 2 is 1.83 bits per heavy atom. The van der Waals surface area contributed by atoms with E-state index in [0.717, 1.165) is 5.69 Å². The van der Waals surface area contributed by atoms with E-state index in [1.807, 2.05) is 30.3 Å². The molecule has 0 aliphatic carbocycles. The fourth-order valence-electron chi connectivity index (χ4n) is 2.11. The first-order valence-corrected chi connectivity index (χ1v) is 6.82. The minimum absolute atomic E-state index is 0.0154. The van der Waals surface area contributed by atoms with Gasteiger partial charge in [0.1, 0.15) is 17.7 Å². The van der Waals surface area contributed by atoms with E-state index >= 15 is 0 Å². The maximum Gasteiger partial charge on any atom is 0.222 e. The van der Waals surface area contributed by atoms with Gasteiger partial charge in [-0.15, -0.1) is 0 Å². The lowest BCUT2D eigenvalue weighted by Crippen LogP contribution is -2.01. The molecular weight excluding hydrogens is 293 g/mol. The maximum absolute atomic E-state index is 13.8. The summed E-state index contributed by atoms with van der Waals surface area (Å²) in [7, 11) is 0. The van der Waals surface area contributed by atoms with Gasteiger partial charge in [0, 0.05) is 17.3 Å². The minimum Gasteiger partial charge on any atom is -0.368 e. The van der Waals surface area contributed by atoms with E-state index < -0.39 is 5.82 Å². The van der Waals surface area contributed by atoms with Crippen LogP contribution in [0.15, 0.2) is 54.6 Å². The second-order valence-corrected chi connectivity index (χ2v) is 4.79. The van der Waals surface area contributed by atoms with Gasteiger partial charge in [-0.05, 0) is 24.3 Å². The Hall–Kier alpha value is -3.46. The molecule has 0 amide bonds. The molecule has 3 N–H and O–H groups in total. The van der Waals surface area contributed by atoms with Gasteiger partial charge >= 0.3 is 0 Å². The molecule has 1 aromatic heterocycles. The Labute approximate surface area is 132 Å². The van der Waals surface area contributed by atoms with E-state index in [0.29, 0.717) is 17.1 Å². The summed E-state index contributed by atoms with van der Waals surface area (Å²) in [5.74, 6) is -0.0195. The molecule has 0 bridgehead atoms. The third-order valence-electron chi connectivity index (χ3n) is 3.17. The zero-order valence-corrected chi connectivity index (χ0v) is 12.0. The first kappa shape index (κ1) is 14.5. The first-order valence-electron chi connectivity index (χ1n) is 6.82. The smallest absolute Gasteiger partial charge is 0.222 e. The van der Waals surface area contributed by atoms with Crippen LogP contribution < -0.4 is 11.1 Å². The van der Waals surface area contributed by atoms with Crippen LogP contribution in [0.1, 0.15) is 5.56 Å². The van der Waals surface area contributed by atoms with E-state index in [-0.39, 0.29) is 11.5 Å². The molecule has 0 radical (unpaired) electrons. The third-order valence-corrected chi connectivity index (χ3v) is 3.17. The van der Waals surface area contributed by atoms with Gasteiger partial charge in [0.05, 0.1) is 11.3 Å². The number of nitriles is 1. The molecule has 0 unspecified atom stereocenters. The standard InChI is InChI=1S/C17H12FN5/c18-14-8-11(6-7-12(14)10-19)15-9-16(23-17(20)22-15)21-13-4-2-1-3-5-13/h1-9H,(H3,20,21,22,23). The van der Waals surface area contributed by atoms with Crippen molar-refractivity contribution in [2.45, 2.75) is 0 Å². The van der Waals surface area contributed by atoms with Crippen LogP contribution in [0.4, 0.5) is 21.8 Å². The minimum atomic E-state index is -0.597. The van der Waals surface area contributed by atoms with E-state index in [1.54, 1.807) is 18.2 Å². The van der Waals surface area contributed by atoms with Gasteiger partial charge in [-0.3, -0.25) is 0 Å². The van der Waals surface area contributed by atoms with Crippen molar-refractivity contribution in [2.75, 3.05) is 11.1 Å². The summed E-state index contributed by atoms with van der Waals surface area (Å²) < 4.78 is 13.8. The van der Waals surface area contributed by atoms with E-state index in [2.05, 4.69) is 15.3 Å². The van der Waals surface area contributed by atoms with Crippen molar-refractivity contribution in [3.8, 4) is 17.3 Å². The topological polar surface area (TPSA) is 87.6 Å². The zero-order chi connectivity index (χ0) is 16.2. The Balaban J connectivity index is 1.98. The van der Waals surface area contributed by atoms with Crippen LogP contribution in [0.2, 0.25) is 0 Å². The summed E-state index contributed by atoms with van der Waals surface area (Å²) in [6, 6.07) is 17.2. The number of nitrogens with zero attached hydrogens (tertiary/aromatic N) is 3. The number of benzene rings is 2. The van der Waals surface area contributed by atoms with Gasteiger partial charge in [0.15, 0.2) is 0 Å². The molecule has 1 heterocycles. The van der Waals surface area contributed by atoms with Crippen LogP contribution in [0, 0.1) is 17.1 Å². The van der Waals surface area contributed by atoms with Crippen molar-refractivity contribution < 1.29 is 4.39 Å². The van der Waals surface area contributed by atoms with Gasteiger partial charge in [0.25, 0.3) is 0 Å². The van der Waals surface area contributed by atoms with Crippen LogP contribution in [-0.2, 0) is 0 Å². The Morgan fingerprint density at radius 1 is 1.04 bits per heavy atom. The van der Waals surface area contributed by atoms with Crippen molar-refractivity contribution in [1.29, 1.82) is 5.26 Å². The van der Waals surface area contributed by atoms with Crippen molar-refractivity contribution >= 4 is 17.5 Å². The Bertz CT molecular complexity index is 887. The fourth-order valence-corrected chi connectivity index (χ4v) is 2.11. The Morgan fingerprint density at radius 3 is 2.52 bits per heavy atom. The molecule has 0 spiro atoms. The molecule has 3 aromatic rings. The number of anilines is 3. The number of hydrogen-bond donors (Lipinski definition) is 2. The van der Waals surface area contributed by atoms with Gasteiger partial charge < -0.3 is 11.1 Å². The number of nitrogens with one attached hydrogen (secondary N) is 1. The molecule has 0 aliphatic heterocycles. The summed E-state index contributed by atoms with van der Waals surface area (Å²) in [4.78, 5) is 8.24. The molecule has 0 atom stereocenters. The quantitative estimate of drug-likeness (QED) is 0.773. The van der Waals surface area contributed by atoms with Gasteiger partial charge in [-0.1, -0.05) is 24.3 Å². The lowest BCUT2D eigenvalue weighted by Gasteiger charge is -2.09. The molecular formula is C17H12FN5. The maximum atomic E-state index is 13.8. The zero-order valence-electron chi connectivity index (χ0n) is 12.0. The number of aromatic nitrogens is 2. The van der Waals surface area contributed by atoms with Crippen LogP contribution >= 0.6 is 0 Å². The lowest BCUT2D eigenvalue weighted by molar-refractivity contribution is 0.624. The molecule has 3 rings (SSSR count). The highest BCUT2D eigenvalue weighted by Gasteiger charge is 2.09. The average molecular weight is 305 g/mol. The molecule has 2 aromatic carbocycles. The summed E-state index contributed by atoms with van der Waals surface area (Å²) in [5.41, 5.74) is 7.56. The van der Waals surface area contributed by atoms with Crippen molar-refractivity contribution in [2.24, 2.45) is 0 Å². The highest BCUT2D eigenvalue weighted by molar-refractivity contribution is 5.67. The van der Waals surface area contributed by atoms with E-state index in [1.165, 1.54) is 12.1 Å². The van der Waals surface area contributed by atoms with Gasteiger partial charge in [-0.2, -0.15) is 10.2 Å². The summed E-state index contributed by atoms with van der Waals surface area (Å²) >= 11 is 0. The molecule has 0 fully saturated rings. The lowest BCUT2D eigenvalue weighted by atomic mass is 10.1. The van der Waals surface area contributed by atoms with E-state index in [4.69, 9.17) is 11.0 Å². The van der Waals surface area contributed by atoms with Crippen LogP contribution in [0.5, 0.6) is 0 Å². The average Bonchev–Trinajstić information content (AvgIpc) is 2.55. The summed E-state index contributed by atoms with van der Waals surface area (Å²) in [5, 5.41) is 11.9. The molecule has 5 nitrogen and oxygen atoms in total. The van der Waals surface area contributed by atoms with Crippen molar-refractivity contribution in [3.05, 3.63) is 66.0 Å². The normalized spacial score (nSPS) is 10.1. The molecule has 112 valence electrons. The van der Waals surface area contributed by atoms with Gasteiger partial charge in [-0.25, -0.2) is 9.37 Å². The highest BCUT2D eigenvalue weighted by atomic mass is 19.1. The largest absolute Gasteiger partial charge is 0.368 e. The van der Waals surface area contributed by atoms with Crippen LogP contribution in [0.3, 0.4) is 0 Å². The van der Waals surface area contributed by atoms with E-state index in [9.17, 15) is 4.39 Å².